The molecule has 6 heteroatoms. The monoisotopic (exact) mass is 331 g/mol. The summed E-state index contributed by atoms with van der Waals surface area (Å²) in [5.74, 6) is -0.681. The molecule has 0 N–H and O–H groups in total. The minimum Gasteiger partial charge on any atom is -0.402 e. The van der Waals surface area contributed by atoms with Crippen molar-refractivity contribution in [3.05, 3.63) is 76.5 Å². The molecular weight excluding hydrogens is 319 g/mol. The predicted molar refractivity (Wildman–Crippen MR) is 83.2 cm³/mol. The minimum absolute atomic E-state index is 0.0915. The molecule has 3 nitrogen and oxygen atoms in total. The third-order valence-electron chi connectivity index (χ3n) is 3.55. The fourth-order valence-corrected chi connectivity index (χ4v) is 2.37. The maximum atomic E-state index is 13.0. The van der Waals surface area contributed by atoms with E-state index in [2.05, 4.69) is 4.99 Å². The summed E-state index contributed by atoms with van der Waals surface area (Å²) in [6, 6.07) is 12.1. The molecule has 0 bridgehead atoms. The lowest BCUT2D eigenvalue weighted by Gasteiger charge is -2.09. The van der Waals surface area contributed by atoms with E-state index < -0.39 is 17.7 Å². The number of benzene rings is 2. The number of halogens is 3. The highest BCUT2D eigenvalue weighted by Crippen LogP contribution is 2.33. The Kier molecular flexibility index (Phi) is 3.97. The molecule has 0 aliphatic carbocycles. The molecule has 1 aliphatic rings. The quantitative estimate of drug-likeness (QED) is 0.606. The van der Waals surface area contributed by atoms with Crippen molar-refractivity contribution in [2.24, 2.45) is 4.99 Å². The number of alkyl halides is 3. The molecule has 0 saturated heterocycles. The highest BCUT2D eigenvalue weighted by atomic mass is 19.4. The molecular formula is C18H12F3NO2. The van der Waals surface area contributed by atoms with Gasteiger partial charge in [-0.3, -0.25) is 0 Å². The topological polar surface area (TPSA) is 38.7 Å². The van der Waals surface area contributed by atoms with Gasteiger partial charge in [0.15, 0.2) is 5.70 Å². The summed E-state index contributed by atoms with van der Waals surface area (Å²) < 4.78 is 44.2. The van der Waals surface area contributed by atoms with Gasteiger partial charge in [-0.25, -0.2) is 9.79 Å². The Morgan fingerprint density at radius 3 is 2.42 bits per heavy atom. The van der Waals surface area contributed by atoms with Gasteiger partial charge in [-0.15, -0.1) is 0 Å². The SMILES string of the molecule is Cc1ccccc1C1=N/C(=C/c2ccccc2C(F)(F)F)C(=O)O1. The second-order valence-electron chi connectivity index (χ2n) is 5.24. The van der Waals surface area contributed by atoms with E-state index in [0.717, 1.165) is 17.7 Å². The molecule has 0 atom stereocenters. The van der Waals surface area contributed by atoms with Crippen LogP contribution < -0.4 is 0 Å². The van der Waals surface area contributed by atoms with Crippen molar-refractivity contribution >= 4 is 17.9 Å². The van der Waals surface area contributed by atoms with Crippen molar-refractivity contribution in [3.8, 4) is 0 Å². The Balaban J connectivity index is 2.03. The molecule has 0 saturated carbocycles. The Labute approximate surface area is 136 Å². The van der Waals surface area contributed by atoms with E-state index in [0.29, 0.717) is 5.56 Å². The average Bonchev–Trinajstić information content (AvgIpc) is 2.88. The lowest BCUT2D eigenvalue weighted by Crippen LogP contribution is -2.08. The first-order chi connectivity index (χ1) is 11.4. The number of hydrogen-bond donors (Lipinski definition) is 0. The first-order valence-corrected chi connectivity index (χ1v) is 7.11. The summed E-state index contributed by atoms with van der Waals surface area (Å²) in [5.41, 5.74) is 0.348. The summed E-state index contributed by atoms with van der Waals surface area (Å²) >= 11 is 0. The van der Waals surface area contributed by atoms with Gasteiger partial charge in [0, 0.05) is 5.56 Å². The fraction of sp³-hybridized carbons (Fsp3) is 0.111. The number of rotatable bonds is 2. The first-order valence-electron chi connectivity index (χ1n) is 7.11. The van der Waals surface area contributed by atoms with Crippen LogP contribution in [0.4, 0.5) is 13.2 Å². The molecule has 0 unspecified atom stereocenters. The van der Waals surface area contributed by atoms with Gasteiger partial charge < -0.3 is 4.74 Å². The fourth-order valence-electron chi connectivity index (χ4n) is 2.37. The minimum atomic E-state index is -4.52. The molecule has 2 aromatic carbocycles. The highest BCUT2D eigenvalue weighted by molar-refractivity contribution is 6.13. The molecule has 3 rings (SSSR count). The normalized spacial score (nSPS) is 16.2. The summed E-state index contributed by atoms with van der Waals surface area (Å²) in [6.45, 7) is 1.83. The van der Waals surface area contributed by atoms with Crippen LogP contribution in [0, 0.1) is 6.92 Å². The van der Waals surface area contributed by atoms with Crippen molar-refractivity contribution in [3.63, 3.8) is 0 Å². The third kappa shape index (κ3) is 3.08. The third-order valence-corrected chi connectivity index (χ3v) is 3.55. The zero-order chi connectivity index (χ0) is 17.3. The number of carbonyl (C=O) groups is 1. The van der Waals surface area contributed by atoms with Crippen LogP contribution in [0.3, 0.4) is 0 Å². The van der Waals surface area contributed by atoms with Crippen molar-refractivity contribution in [1.82, 2.24) is 0 Å². The van der Waals surface area contributed by atoms with Crippen LogP contribution in [0.5, 0.6) is 0 Å². The van der Waals surface area contributed by atoms with Crippen molar-refractivity contribution in [2.75, 3.05) is 0 Å². The smallest absolute Gasteiger partial charge is 0.402 e. The molecule has 24 heavy (non-hydrogen) atoms. The lowest BCUT2D eigenvalue weighted by atomic mass is 10.1. The van der Waals surface area contributed by atoms with Gasteiger partial charge in [-0.2, -0.15) is 13.2 Å². The van der Waals surface area contributed by atoms with Crippen LogP contribution in [-0.2, 0) is 15.7 Å². The number of nitrogens with zero attached hydrogens (tertiary/aromatic N) is 1. The number of aryl methyl sites for hydroxylation is 1. The predicted octanol–water partition coefficient (Wildman–Crippen LogP) is 4.36. The maximum absolute atomic E-state index is 13.0. The number of cyclic esters (lactones) is 1. The first kappa shape index (κ1) is 16.0. The summed E-state index contributed by atoms with van der Waals surface area (Å²) in [6.07, 6.45) is -3.42. The molecule has 0 amide bonds. The van der Waals surface area contributed by atoms with Crippen LogP contribution in [-0.4, -0.2) is 11.9 Å². The molecule has 0 fully saturated rings. The Bertz CT molecular complexity index is 867. The number of hydrogen-bond acceptors (Lipinski definition) is 3. The van der Waals surface area contributed by atoms with Crippen LogP contribution >= 0.6 is 0 Å². The van der Waals surface area contributed by atoms with Crippen molar-refractivity contribution < 1.29 is 22.7 Å². The molecule has 0 aromatic heterocycles. The lowest BCUT2D eigenvalue weighted by molar-refractivity contribution is -0.137. The van der Waals surface area contributed by atoms with E-state index in [1.54, 1.807) is 12.1 Å². The van der Waals surface area contributed by atoms with Gasteiger partial charge in [0.25, 0.3) is 0 Å². The second-order valence-corrected chi connectivity index (χ2v) is 5.24. The average molecular weight is 331 g/mol. The number of esters is 1. The van der Waals surface area contributed by atoms with Crippen LogP contribution in [0.2, 0.25) is 0 Å². The molecule has 2 aromatic rings. The van der Waals surface area contributed by atoms with Crippen LogP contribution in [0.25, 0.3) is 6.08 Å². The number of aliphatic imine (C=N–C) groups is 1. The number of ether oxygens (including phenoxy) is 1. The van der Waals surface area contributed by atoms with Gasteiger partial charge in [-0.1, -0.05) is 36.4 Å². The number of carbonyl (C=O) groups excluding carboxylic acids is 1. The van der Waals surface area contributed by atoms with Gasteiger partial charge >= 0.3 is 12.1 Å². The zero-order valence-corrected chi connectivity index (χ0v) is 12.6. The van der Waals surface area contributed by atoms with E-state index in [9.17, 15) is 18.0 Å². The van der Waals surface area contributed by atoms with E-state index in [1.165, 1.54) is 18.2 Å². The van der Waals surface area contributed by atoms with Crippen LogP contribution in [0.15, 0.2) is 59.2 Å². The van der Waals surface area contributed by atoms with E-state index in [4.69, 9.17) is 4.74 Å². The molecule has 0 spiro atoms. The van der Waals surface area contributed by atoms with Gasteiger partial charge in [-0.05, 0) is 36.3 Å². The highest BCUT2D eigenvalue weighted by Gasteiger charge is 2.33. The van der Waals surface area contributed by atoms with Crippen LogP contribution in [0.1, 0.15) is 22.3 Å². The molecule has 1 heterocycles. The van der Waals surface area contributed by atoms with E-state index in [-0.39, 0.29) is 17.2 Å². The van der Waals surface area contributed by atoms with Crippen molar-refractivity contribution in [2.45, 2.75) is 13.1 Å². The van der Waals surface area contributed by atoms with Gasteiger partial charge in [0.05, 0.1) is 5.56 Å². The Morgan fingerprint density at radius 2 is 1.71 bits per heavy atom. The largest absolute Gasteiger partial charge is 0.416 e. The van der Waals surface area contributed by atoms with Gasteiger partial charge in [0.2, 0.25) is 5.90 Å². The summed E-state index contributed by atoms with van der Waals surface area (Å²) in [7, 11) is 0. The molecule has 0 radical (unpaired) electrons. The maximum Gasteiger partial charge on any atom is 0.416 e. The Morgan fingerprint density at radius 1 is 1.04 bits per heavy atom. The van der Waals surface area contributed by atoms with Crippen molar-refractivity contribution in [1.29, 1.82) is 0 Å². The van der Waals surface area contributed by atoms with E-state index >= 15 is 0 Å². The van der Waals surface area contributed by atoms with E-state index in [1.807, 2.05) is 19.1 Å². The standard InChI is InChI=1S/C18H12F3NO2/c1-11-6-2-4-8-13(11)16-22-15(17(23)24-16)10-12-7-3-5-9-14(12)18(19,20)21/h2-10H,1H3/b15-10+. The summed E-state index contributed by atoms with van der Waals surface area (Å²) in [4.78, 5) is 16.0. The summed E-state index contributed by atoms with van der Waals surface area (Å²) in [5, 5.41) is 0. The molecule has 122 valence electrons. The van der Waals surface area contributed by atoms with Gasteiger partial charge in [0.1, 0.15) is 0 Å². The molecule has 1 aliphatic heterocycles. The zero-order valence-electron chi connectivity index (χ0n) is 12.6. The second kappa shape index (κ2) is 5.96. The Hall–Kier alpha value is -2.89.